The largest absolute Gasteiger partial charge is 0.491 e. The fraction of sp³-hybridized carbons (Fsp3) is 0.346. The molecule has 0 bridgehead atoms. The molecular weight excluding hydrogens is 463 g/mol. The summed E-state index contributed by atoms with van der Waals surface area (Å²) in [6, 6.07) is 10.3. The average molecular weight is 495 g/mol. The first kappa shape index (κ1) is 25.3. The molecule has 1 aliphatic carbocycles. The zero-order valence-corrected chi connectivity index (χ0v) is 20.2. The van der Waals surface area contributed by atoms with Crippen molar-refractivity contribution in [1.82, 2.24) is 9.97 Å². The van der Waals surface area contributed by atoms with Gasteiger partial charge in [0.1, 0.15) is 18.2 Å². The summed E-state index contributed by atoms with van der Waals surface area (Å²) < 4.78 is 25.5. The Morgan fingerprint density at radius 3 is 2.72 bits per heavy atom. The average Bonchev–Trinajstić information content (AvgIpc) is 2.87. The molecule has 0 spiro atoms. The second-order valence-corrected chi connectivity index (χ2v) is 8.73. The van der Waals surface area contributed by atoms with Crippen LogP contribution in [0.3, 0.4) is 0 Å². The summed E-state index contributed by atoms with van der Waals surface area (Å²) in [5.74, 6) is -0.601. The molecule has 9 nitrogen and oxygen atoms in total. The van der Waals surface area contributed by atoms with E-state index < -0.39 is 11.7 Å². The minimum Gasteiger partial charge on any atom is -0.491 e. The number of rotatable bonds is 10. The molecule has 1 fully saturated rings. The van der Waals surface area contributed by atoms with E-state index in [0.717, 1.165) is 42.9 Å². The topological polar surface area (TPSA) is 137 Å². The van der Waals surface area contributed by atoms with Crippen molar-refractivity contribution in [2.24, 2.45) is 11.5 Å². The predicted octanol–water partition coefficient (Wildman–Crippen LogP) is 3.83. The monoisotopic (exact) mass is 494 g/mol. The second kappa shape index (κ2) is 11.8. The summed E-state index contributed by atoms with van der Waals surface area (Å²) in [6.45, 7) is 0.926. The van der Waals surface area contributed by atoms with Crippen LogP contribution in [0.2, 0.25) is 0 Å². The zero-order chi connectivity index (χ0) is 25.5. The standard InChI is InChI=1S/C26H31FN6O3/c1-35-9-10-36-19-6-4-5-16(12-19)17-11-18(15-30-14-17)31-25-20(24(29)34)13-21(27)26(33-25)32-23-8-3-2-7-22(23)28/h4-6,11-15,22-23H,2-3,7-10,28H2,1H3,(H2,29,34)(H2,31,32,33)/t22-,23+/m0/s1. The molecule has 2 atom stereocenters. The first-order valence-corrected chi connectivity index (χ1v) is 11.9. The molecule has 0 aliphatic heterocycles. The molecule has 0 unspecified atom stereocenters. The summed E-state index contributed by atoms with van der Waals surface area (Å²) in [6.07, 6.45) is 7.04. The number of benzene rings is 1. The lowest BCUT2D eigenvalue weighted by Gasteiger charge is -2.30. The lowest BCUT2D eigenvalue weighted by Crippen LogP contribution is -2.43. The van der Waals surface area contributed by atoms with Crippen LogP contribution in [0.5, 0.6) is 5.75 Å². The summed E-state index contributed by atoms with van der Waals surface area (Å²) in [7, 11) is 1.62. The van der Waals surface area contributed by atoms with Gasteiger partial charge in [-0.25, -0.2) is 9.37 Å². The van der Waals surface area contributed by atoms with Crippen LogP contribution < -0.4 is 26.8 Å². The fourth-order valence-electron chi connectivity index (χ4n) is 4.20. The van der Waals surface area contributed by atoms with Crippen LogP contribution in [0.25, 0.3) is 11.1 Å². The number of primary amides is 1. The highest BCUT2D eigenvalue weighted by atomic mass is 19.1. The molecular formula is C26H31FN6O3. The number of amides is 1. The first-order valence-electron chi connectivity index (χ1n) is 11.9. The van der Waals surface area contributed by atoms with Crippen molar-refractivity contribution in [2.45, 2.75) is 37.8 Å². The molecule has 1 saturated carbocycles. The Bertz CT molecular complexity index is 1210. The number of halogens is 1. The van der Waals surface area contributed by atoms with Gasteiger partial charge in [-0.05, 0) is 42.7 Å². The number of ether oxygens (including phenoxy) is 2. The molecule has 3 aromatic rings. The molecule has 6 N–H and O–H groups in total. The highest BCUT2D eigenvalue weighted by Crippen LogP contribution is 2.29. The number of nitrogens with zero attached hydrogens (tertiary/aromatic N) is 2. The number of hydrogen-bond donors (Lipinski definition) is 4. The van der Waals surface area contributed by atoms with E-state index in [9.17, 15) is 9.18 Å². The molecule has 10 heteroatoms. The molecule has 2 aromatic heterocycles. The molecule has 1 amide bonds. The molecule has 4 rings (SSSR count). The van der Waals surface area contributed by atoms with Crippen molar-refractivity contribution >= 4 is 23.2 Å². The van der Waals surface area contributed by atoms with Crippen molar-refractivity contribution in [3.05, 3.63) is 60.2 Å². The van der Waals surface area contributed by atoms with Gasteiger partial charge in [-0.1, -0.05) is 25.0 Å². The van der Waals surface area contributed by atoms with E-state index in [1.54, 1.807) is 19.5 Å². The molecule has 0 saturated heterocycles. The van der Waals surface area contributed by atoms with E-state index in [1.807, 2.05) is 30.3 Å². The molecule has 1 aliphatic rings. The fourth-order valence-corrected chi connectivity index (χ4v) is 4.20. The first-order chi connectivity index (χ1) is 17.4. The zero-order valence-electron chi connectivity index (χ0n) is 20.2. The summed E-state index contributed by atoms with van der Waals surface area (Å²) in [5, 5.41) is 6.19. The van der Waals surface area contributed by atoms with Crippen molar-refractivity contribution < 1.29 is 18.7 Å². The lowest BCUT2D eigenvalue weighted by atomic mass is 9.91. The van der Waals surface area contributed by atoms with Gasteiger partial charge < -0.3 is 31.6 Å². The minimum absolute atomic E-state index is 0.0230. The number of methoxy groups -OCH3 is 1. The quantitative estimate of drug-likeness (QED) is 0.312. The number of nitrogens with one attached hydrogen (secondary N) is 2. The Morgan fingerprint density at radius 1 is 1.11 bits per heavy atom. The number of anilines is 3. The van der Waals surface area contributed by atoms with Crippen molar-refractivity contribution in [2.75, 3.05) is 31.0 Å². The molecule has 36 heavy (non-hydrogen) atoms. The Balaban J connectivity index is 1.59. The molecule has 0 radical (unpaired) electrons. The highest BCUT2D eigenvalue weighted by Gasteiger charge is 2.24. The van der Waals surface area contributed by atoms with Gasteiger partial charge in [-0.15, -0.1) is 0 Å². The maximum absolute atomic E-state index is 14.8. The van der Waals surface area contributed by atoms with Gasteiger partial charge >= 0.3 is 0 Å². The van der Waals surface area contributed by atoms with E-state index in [2.05, 4.69) is 20.6 Å². The molecule has 1 aromatic carbocycles. The number of hydrogen-bond acceptors (Lipinski definition) is 8. The van der Waals surface area contributed by atoms with Crippen molar-refractivity contribution in [1.29, 1.82) is 0 Å². The smallest absolute Gasteiger partial charge is 0.252 e. The van der Waals surface area contributed by atoms with E-state index in [1.165, 1.54) is 0 Å². The predicted molar refractivity (Wildman–Crippen MR) is 137 cm³/mol. The molecule has 190 valence electrons. The maximum atomic E-state index is 14.8. The van der Waals surface area contributed by atoms with Crippen LogP contribution >= 0.6 is 0 Å². The van der Waals surface area contributed by atoms with E-state index >= 15 is 0 Å². The summed E-state index contributed by atoms with van der Waals surface area (Å²) >= 11 is 0. The maximum Gasteiger partial charge on any atom is 0.252 e. The van der Waals surface area contributed by atoms with Crippen LogP contribution in [0.4, 0.5) is 21.7 Å². The van der Waals surface area contributed by atoms with Crippen molar-refractivity contribution in [3.8, 4) is 16.9 Å². The molecule has 2 heterocycles. The van der Waals surface area contributed by atoms with Gasteiger partial charge in [0, 0.05) is 31.0 Å². The van der Waals surface area contributed by atoms with Crippen LogP contribution in [-0.2, 0) is 4.74 Å². The van der Waals surface area contributed by atoms with Gasteiger partial charge in [0.15, 0.2) is 11.6 Å². The Hall–Kier alpha value is -3.76. The lowest BCUT2D eigenvalue weighted by molar-refractivity contribution is 0.100. The number of aromatic nitrogens is 2. The van der Waals surface area contributed by atoms with Gasteiger partial charge in [0.05, 0.1) is 24.1 Å². The van der Waals surface area contributed by atoms with Crippen LogP contribution in [0.1, 0.15) is 36.0 Å². The highest BCUT2D eigenvalue weighted by molar-refractivity contribution is 5.98. The van der Waals surface area contributed by atoms with Gasteiger partial charge in [0.25, 0.3) is 5.91 Å². The Kier molecular flexibility index (Phi) is 8.29. The van der Waals surface area contributed by atoms with Gasteiger partial charge in [0.2, 0.25) is 0 Å². The number of carbonyl (C=O) groups excluding carboxylic acids is 1. The normalized spacial score (nSPS) is 17.4. The van der Waals surface area contributed by atoms with E-state index in [0.29, 0.717) is 24.7 Å². The van der Waals surface area contributed by atoms with Crippen molar-refractivity contribution in [3.63, 3.8) is 0 Å². The number of carbonyl (C=O) groups is 1. The Morgan fingerprint density at radius 2 is 1.94 bits per heavy atom. The summed E-state index contributed by atoms with van der Waals surface area (Å²) in [4.78, 5) is 20.7. The van der Waals surface area contributed by atoms with E-state index in [-0.39, 0.29) is 29.3 Å². The second-order valence-electron chi connectivity index (χ2n) is 8.73. The van der Waals surface area contributed by atoms with Crippen LogP contribution in [0.15, 0.2) is 48.8 Å². The van der Waals surface area contributed by atoms with Gasteiger partial charge in [-0.2, -0.15) is 0 Å². The number of pyridine rings is 2. The van der Waals surface area contributed by atoms with Crippen LogP contribution in [0, 0.1) is 5.82 Å². The third kappa shape index (κ3) is 6.27. The van der Waals surface area contributed by atoms with Gasteiger partial charge in [-0.3, -0.25) is 9.78 Å². The minimum atomic E-state index is -0.796. The Labute approximate surface area is 209 Å². The SMILES string of the molecule is COCCOc1cccc(-c2cncc(Nc3nc(N[C@@H]4CCCC[C@@H]4N)c(F)cc3C(N)=O)c2)c1. The third-order valence-electron chi connectivity index (χ3n) is 6.11. The number of nitrogens with two attached hydrogens (primary N) is 2. The van der Waals surface area contributed by atoms with Crippen LogP contribution in [-0.4, -0.2) is 48.3 Å². The summed E-state index contributed by atoms with van der Waals surface area (Å²) in [5.41, 5.74) is 13.9. The van der Waals surface area contributed by atoms with E-state index in [4.69, 9.17) is 20.9 Å². The third-order valence-corrected chi connectivity index (χ3v) is 6.11.